The van der Waals surface area contributed by atoms with Crippen LogP contribution in [0.2, 0.25) is 0 Å². The van der Waals surface area contributed by atoms with Crippen molar-refractivity contribution in [3.05, 3.63) is 29.8 Å². The molecule has 2 rings (SSSR count). The predicted molar refractivity (Wildman–Crippen MR) is 67.0 cm³/mol. The largest absolute Gasteiger partial charge is 0.573 e. The molecule has 0 amide bonds. The minimum absolute atomic E-state index is 0.137. The molecule has 1 N–H and O–H groups in total. The minimum atomic E-state index is -4.62. The molecule has 0 aliphatic carbocycles. The zero-order valence-corrected chi connectivity index (χ0v) is 10.8. The monoisotopic (exact) mass is 273 g/mol. The number of hydrogen-bond acceptors (Lipinski definition) is 2. The molecule has 5 heteroatoms. The average Bonchev–Trinajstić information content (AvgIpc) is 2.30. The standard InChI is InChI=1S/C14H18F3NO/c1-10-5-6-12(9-18-10)7-11-3-2-4-13(8-11)19-14(15,16)17/h2-4,8,10,12,18H,5-7,9H2,1H3. The summed E-state index contributed by atoms with van der Waals surface area (Å²) >= 11 is 0. The summed E-state index contributed by atoms with van der Waals surface area (Å²) in [7, 11) is 0. The van der Waals surface area contributed by atoms with Gasteiger partial charge in [-0.3, -0.25) is 0 Å². The zero-order valence-electron chi connectivity index (χ0n) is 10.8. The molecule has 1 aliphatic rings. The molecule has 1 aromatic carbocycles. The van der Waals surface area contributed by atoms with Crippen LogP contribution in [0, 0.1) is 5.92 Å². The Morgan fingerprint density at radius 3 is 2.74 bits per heavy atom. The van der Waals surface area contributed by atoms with Gasteiger partial charge >= 0.3 is 6.36 Å². The van der Waals surface area contributed by atoms with Gasteiger partial charge in [0.15, 0.2) is 0 Å². The maximum Gasteiger partial charge on any atom is 0.573 e. The van der Waals surface area contributed by atoms with Crippen LogP contribution < -0.4 is 10.1 Å². The Bertz CT molecular complexity index is 411. The first-order valence-corrected chi connectivity index (χ1v) is 6.50. The van der Waals surface area contributed by atoms with E-state index in [2.05, 4.69) is 17.0 Å². The second kappa shape index (κ2) is 5.82. The zero-order chi connectivity index (χ0) is 13.9. The molecule has 1 saturated heterocycles. The van der Waals surface area contributed by atoms with E-state index in [4.69, 9.17) is 0 Å². The number of piperidine rings is 1. The van der Waals surface area contributed by atoms with Gasteiger partial charge in [-0.1, -0.05) is 12.1 Å². The number of rotatable bonds is 3. The predicted octanol–water partition coefficient (Wildman–Crippen LogP) is 3.52. The fourth-order valence-electron chi connectivity index (χ4n) is 2.43. The van der Waals surface area contributed by atoms with E-state index in [-0.39, 0.29) is 5.75 Å². The Hall–Kier alpha value is -1.23. The van der Waals surface area contributed by atoms with Crippen molar-refractivity contribution in [1.29, 1.82) is 0 Å². The first-order chi connectivity index (χ1) is 8.92. The maximum absolute atomic E-state index is 12.1. The molecule has 0 radical (unpaired) electrons. The van der Waals surface area contributed by atoms with Crippen molar-refractivity contribution in [1.82, 2.24) is 5.32 Å². The van der Waals surface area contributed by atoms with E-state index in [9.17, 15) is 13.2 Å². The lowest BCUT2D eigenvalue weighted by Gasteiger charge is -2.27. The third-order valence-electron chi connectivity index (χ3n) is 3.42. The molecular formula is C14H18F3NO. The third kappa shape index (κ3) is 4.74. The van der Waals surface area contributed by atoms with E-state index < -0.39 is 6.36 Å². The number of halogens is 3. The maximum atomic E-state index is 12.1. The van der Waals surface area contributed by atoms with Crippen LogP contribution in [0.1, 0.15) is 25.3 Å². The Kier molecular flexibility index (Phi) is 4.34. The van der Waals surface area contributed by atoms with Crippen LogP contribution in [0.15, 0.2) is 24.3 Å². The van der Waals surface area contributed by atoms with Gasteiger partial charge in [-0.15, -0.1) is 13.2 Å². The minimum Gasteiger partial charge on any atom is -0.406 e. The topological polar surface area (TPSA) is 21.3 Å². The smallest absolute Gasteiger partial charge is 0.406 e. The summed E-state index contributed by atoms with van der Waals surface area (Å²) in [5.41, 5.74) is 0.892. The summed E-state index contributed by atoms with van der Waals surface area (Å²) in [5, 5.41) is 3.39. The molecule has 1 aliphatic heterocycles. The van der Waals surface area contributed by atoms with Gasteiger partial charge in [-0.05, 0) is 56.3 Å². The second-order valence-corrected chi connectivity index (χ2v) is 5.15. The summed E-state index contributed by atoms with van der Waals surface area (Å²) in [6, 6.07) is 6.80. The van der Waals surface area contributed by atoms with Crippen molar-refractivity contribution >= 4 is 0 Å². The molecule has 0 aromatic heterocycles. The number of hydrogen-bond donors (Lipinski definition) is 1. The molecule has 0 bridgehead atoms. The molecule has 106 valence electrons. The summed E-state index contributed by atoms with van der Waals surface area (Å²) in [6.45, 7) is 3.07. The van der Waals surface area contributed by atoms with E-state index in [1.807, 2.05) is 6.07 Å². The Balaban J connectivity index is 1.95. The molecule has 0 saturated carbocycles. The van der Waals surface area contributed by atoms with E-state index in [0.717, 1.165) is 31.4 Å². The van der Waals surface area contributed by atoms with Crippen molar-refractivity contribution < 1.29 is 17.9 Å². The molecule has 1 aromatic rings. The van der Waals surface area contributed by atoms with Crippen molar-refractivity contribution in [2.75, 3.05) is 6.54 Å². The highest BCUT2D eigenvalue weighted by molar-refractivity contribution is 5.29. The van der Waals surface area contributed by atoms with Gasteiger partial charge in [-0.25, -0.2) is 0 Å². The lowest BCUT2D eigenvalue weighted by atomic mass is 9.90. The van der Waals surface area contributed by atoms with Gasteiger partial charge in [0.25, 0.3) is 0 Å². The van der Waals surface area contributed by atoms with E-state index in [1.54, 1.807) is 6.07 Å². The molecule has 2 atom stereocenters. The third-order valence-corrected chi connectivity index (χ3v) is 3.42. The molecule has 1 heterocycles. The molecular weight excluding hydrogens is 255 g/mol. The molecule has 2 nitrogen and oxygen atoms in total. The molecule has 0 spiro atoms. The van der Waals surface area contributed by atoms with Crippen LogP contribution >= 0.6 is 0 Å². The Labute approximate surface area is 111 Å². The SMILES string of the molecule is CC1CCC(Cc2cccc(OC(F)(F)F)c2)CN1. The van der Waals surface area contributed by atoms with Crippen LogP contribution in [0.4, 0.5) is 13.2 Å². The molecule has 19 heavy (non-hydrogen) atoms. The summed E-state index contributed by atoms with van der Waals surface area (Å²) in [5.74, 6) is 0.347. The van der Waals surface area contributed by atoms with Crippen LogP contribution in [0.3, 0.4) is 0 Å². The van der Waals surface area contributed by atoms with Crippen LogP contribution in [-0.2, 0) is 6.42 Å². The van der Waals surface area contributed by atoms with Crippen molar-refractivity contribution in [2.45, 2.75) is 38.6 Å². The van der Waals surface area contributed by atoms with Gasteiger partial charge in [0, 0.05) is 6.04 Å². The van der Waals surface area contributed by atoms with Crippen molar-refractivity contribution in [3.8, 4) is 5.75 Å². The summed E-state index contributed by atoms with van der Waals surface area (Å²) in [6.07, 6.45) is -1.61. The van der Waals surface area contributed by atoms with E-state index in [0.29, 0.717) is 12.0 Å². The molecule has 2 unspecified atom stereocenters. The number of ether oxygens (including phenoxy) is 1. The molecule has 1 fully saturated rings. The Morgan fingerprint density at radius 1 is 1.32 bits per heavy atom. The first-order valence-electron chi connectivity index (χ1n) is 6.50. The highest BCUT2D eigenvalue weighted by Crippen LogP contribution is 2.25. The van der Waals surface area contributed by atoms with Crippen molar-refractivity contribution in [3.63, 3.8) is 0 Å². The number of nitrogens with one attached hydrogen (secondary N) is 1. The summed E-state index contributed by atoms with van der Waals surface area (Å²) < 4.78 is 40.4. The van der Waals surface area contributed by atoms with Crippen LogP contribution in [0.5, 0.6) is 5.75 Å². The van der Waals surface area contributed by atoms with Crippen LogP contribution in [0.25, 0.3) is 0 Å². The van der Waals surface area contributed by atoms with E-state index in [1.165, 1.54) is 12.1 Å². The average molecular weight is 273 g/mol. The van der Waals surface area contributed by atoms with Gasteiger partial charge in [-0.2, -0.15) is 0 Å². The highest BCUT2D eigenvalue weighted by atomic mass is 19.4. The first kappa shape index (κ1) is 14.2. The quantitative estimate of drug-likeness (QED) is 0.910. The summed E-state index contributed by atoms with van der Waals surface area (Å²) in [4.78, 5) is 0. The van der Waals surface area contributed by atoms with Gasteiger partial charge < -0.3 is 10.1 Å². The van der Waals surface area contributed by atoms with Crippen LogP contribution in [-0.4, -0.2) is 18.9 Å². The fourth-order valence-corrected chi connectivity index (χ4v) is 2.43. The lowest BCUT2D eigenvalue weighted by Crippen LogP contribution is -2.37. The van der Waals surface area contributed by atoms with Gasteiger partial charge in [0.05, 0.1) is 0 Å². The van der Waals surface area contributed by atoms with E-state index >= 15 is 0 Å². The highest BCUT2D eigenvalue weighted by Gasteiger charge is 2.31. The normalized spacial score (nSPS) is 24.2. The lowest BCUT2D eigenvalue weighted by molar-refractivity contribution is -0.274. The van der Waals surface area contributed by atoms with Gasteiger partial charge in [0.1, 0.15) is 5.75 Å². The second-order valence-electron chi connectivity index (χ2n) is 5.15. The van der Waals surface area contributed by atoms with Crippen molar-refractivity contribution in [2.24, 2.45) is 5.92 Å². The van der Waals surface area contributed by atoms with Gasteiger partial charge in [0.2, 0.25) is 0 Å². The fraction of sp³-hybridized carbons (Fsp3) is 0.571. The number of benzene rings is 1. The number of alkyl halides is 3. The Morgan fingerprint density at radius 2 is 2.11 bits per heavy atom.